The van der Waals surface area contributed by atoms with E-state index in [0.29, 0.717) is 17.2 Å². The number of fused-ring (bicyclic) bond motifs is 1. The second-order valence-electron chi connectivity index (χ2n) is 6.21. The van der Waals surface area contributed by atoms with Crippen molar-refractivity contribution in [2.24, 2.45) is 17.8 Å². The molecule has 4 heteroatoms. The Morgan fingerprint density at radius 3 is 2.81 bits per heavy atom. The third-order valence-electron chi connectivity index (χ3n) is 4.12. The lowest BCUT2D eigenvalue weighted by Gasteiger charge is -2.34. The highest BCUT2D eigenvalue weighted by molar-refractivity contribution is 5.96. The summed E-state index contributed by atoms with van der Waals surface area (Å²) in [5.74, 6) is 0.0249. The van der Waals surface area contributed by atoms with E-state index in [1.807, 2.05) is 19.9 Å². The van der Waals surface area contributed by atoms with Crippen molar-refractivity contribution in [2.75, 3.05) is 5.32 Å². The first-order chi connectivity index (χ1) is 10.1. The zero-order chi connectivity index (χ0) is 15.0. The summed E-state index contributed by atoms with van der Waals surface area (Å²) in [7, 11) is 0. The van der Waals surface area contributed by atoms with Crippen molar-refractivity contribution in [3.8, 4) is 0 Å². The number of allylic oxidation sites excluding steroid dienone is 1. The van der Waals surface area contributed by atoms with Crippen LogP contribution in [0.3, 0.4) is 0 Å². The topological polar surface area (TPSA) is 38.3 Å². The Kier molecular flexibility index (Phi) is 3.70. The van der Waals surface area contributed by atoms with Gasteiger partial charge in [0.2, 0.25) is 5.91 Å². The van der Waals surface area contributed by atoms with E-state index in [-0.39, 0.29) is 23.6 Å². The molecular formula is C17H20FNO2. The molecule has 0 saturated heterocycles. The van der Waals surface area contributed by atoms with Crippen LogP contribution in [-0.4, -0.2) is 5.91 Å². The Bertz CT molecular complexity index is 578. The molecule has 0 bridgehead atoms. The second kappa shape index (κ2) is 5.51. The van der Waals surface area contributed by atoms with Gasteiger partial charge in [0.15, 0.2) is 0 Å². The summed E-state index contributed by atoms with van der Waals surface area (Å²) in [6.45, 7) is 3.96. The van der Waals surface area contributed by atoms with Crippen LogP contribution >= 0.6 is 0 Å². The Morgan fingerprint density at radius 2 is 2.14 bits per heavy atom. The van der Waals surface area contributed by atoms with E-state index in [1.165, 1.54) is 25.0 Å². The lowest BCUT2D eigenvalue weighted by Crippen LogP contribution is -2.37. The first-order valence-electron chi connectivity index (χ1n) is 7.48. The van der Waals surface area contributed by atoms with E-state index in [4.69, 9.17) is 4.74 Å². The molecular weight excluding hydrogens is 269 g/mol. The van der Waals surface area contributed by atoms with Gasteiger partial charge >= 0.3 is 0 Å². The zero-order valence-corrected chi connectivity index (χ0v) is 12.3. The van der Waals surface area contributed by atoms with Crippen LogP contribution in [0.15, 0.2) is 30.5 Å². The van der Waals surface area contributed by atoms with Crippen LogP contribution in [-0.2, 0) is 9.53 Å². The van der Waals surface area contributed by atoms with Crippen molar-refractivity contribution in [2.45, 2.75) is 32.8 Å². The molecule has 1 aliphatic heterocycles. The van der Waals surface area contributed by atoms with Crippen LogP contribution in [0.4, 0.5) is 10.1 Å². The molecule has 1 aromatic carbocycles. The van der Waals surface area contributed by atoms with E-state index >= 15 is 0 Å². The molecule has 0 aromatic heterocycles. The molecule has 0 spiro atoms. The standard InChI is InChI=1S/C17H20FNO2/c1-10(2)15-16(21-8-7-11-3-4-11)13-9-12(18)5-6-14(13)19-17(15)20/h5-11,15-16H,3-4H2,1-2H3,(H,19,20). The summed E-state index contributed by atoms with van der Waals surface area (Å²) in [4.78, 5) is 12.3. The molecule has 1 aromatic rings. The quantitative estimate of drug-likeness (QED) is 0.850. The van der Waals surface area contributed by atoms with Gasteiger partial charge in [-0.1, -0.05) is 13.8 Å². The minimum atomic E-state index is -0.431. The number of anilines is 1. The molecule has 112 valence electrons. The van der Waals surface area contributed by atoms with Gasteiger partial charge in [0.05, 0.1) is 12.2 Å². The predicted octanol–water partition coefficient (Wildman–Crippen LogP) is 4.03. The van der Waals surface area contributed by atoms with Crippen LogP contribution < -0.4 is 5.32 Å². The van der Waals surface area contributed by atoms with Crippen molar-refractivity contribution >= 4 is 11.6 Å². The average molecular weight is 289 g/mol. The fraction of sp³-hybridized carbons (Fsp3) is 0.471. The highest BCUT2D eigenvalue weighted by atomic mass is 19.1. The average Bonchev–Trinajstić information content (AvgIpc) is 3.23. The van der Waals surface area contributed by atoms with Crippen molar-refractivity contribution in [3.05, 3.63) is 41.9 Å². The van der Waals surface area contributed by atoms with E-state index in [2.05, 4.69) is 5.32 Å². The maximum absolute atomic E-state index is 13.6. The molecule has 2 unspecified atom stereocenters. The van der Waals surface area contributed by atoms with E-state index in [9.17, 15) is 9.18 Å². The number of hydrogen-bond donors (Lipinski definition) is 1. The maximum Gasteiger partial charge on any atom is 0.231 e. The van der Waals surface area contributed by atoms with Crippen LogP contribution in [0.2, 0.25) is 0 Å². The van der Waals surface area contributed by atoms with Crippen LogP contribution in [0, 0.1) is 23.6 Å². The molecule has 3 rings (SSSR count). The SMILES string of the molecule is CC(C)C1C(=O)Nc2ccc(F)cc2C1OC=CC1CC1. The van der Waals surface area contributed by atoms with E-state index in [0.717, 1.165) is 0 Å². The van der Waals surface area contributed by atoms with Gasteiger partial charge in [-0.3, -0.25) is 4.79 Å². The number of carbonyl (C=O) groups excluding carboxylic acids is 1. The molecule has 2 atom stereocenters. The number of nitrogens with one attached hydrogen (secondary N) is 1. The Morgan fingerprint density at radius 1 is 1.38 bits per heavy atom. The number of carbonyl (C=O) groups is 1. The molecule has 0 radical (unpaired) electrons. The minimum absolute atomic E-state index is 0.0612. The molecule has 1 aliphatic carbocycles. The fourth-order valence-corrected chi connectivity index (χ4v) is 2.77. The molecule has 2 aliphatic rings. The molecule has 1 N–H and O–H groups in total. The second-order valence-corrected chi connectivity index (χ2v) is 6.21. The number of benzene rings is 1. The fourth-order valence-electron chi connectivity index (χ4n) is 2.77. The van der Waals surface area contributed by atoms with Gasteiger partial charge in [-0.2, -0.15) is 0 Å². The monoisotopic (exact) mass is 289 g/mol. The van der Waals surface area contributed by atoms with Crippen molar-refractivity contribution < 1.29 is 13.9 Å². The highest BCUT2D eigenvalue weighted by Crippen LogP contribution is 2.41. The summed E-state index contributed by atoms with van der Waals surface area (Å²) in [6, 6.07) is 4.41. The van der Waals surface area contributed by atoms with Gasteiger partial charge in [0, 0.05) is 11.3 Å². The summed E-state index contributed by atoms with van der Waals surface area (Å²) < 4.78 is 19.4. The van der Waals surface area contributed by atoms with Crippen LogP contribution in [0.1, 0.15) is 38.4 Å². The van der Waals surface area contributed by atoms with Crippen molar-refractivity contribution in [1.29, 1.82) is 0 Å². The Labute approximate surface area is 124 Å². The molecule has 3 nitrogen and oxygen atoms in total. The third kappa shape index (κ3) is 2.94. The smallest absolute Gasteiger partial charge is 0.231 e. The first kappa shape index (κ1) is 14.1. The van der Waals surface area contributed by atoms with Crippen molar-refractivity contribution in [1.82, 2.24) is 0 Å². The van der Waals surface area contributed by atoms with Gasteiger partial charge in [0.1, 0.15) is 11.9 Å². The van der Waals surface area contributed by atoms with Gasteiger partial charge in [-0.25, -0.2) is 4.39 Å². The highest BCUT2D eigenvalue weighted by Gasteiger charge is 2.39. The molecule has 1 saturated carbocycles. The van der Waals surface area contributed by atoms with E-state index < -0.39 is 6.10 Å². The van der Waals surface area contributed by atoms with Crippen LogP contribution in [0.5, 0.6) is 0 Å². The molecule has 21 heavy (non-hydrogen) atoms. The number of hydrogen-bond acceptors (Lipinski definition) is 2. The van der Waals surface area contributed by atoms with Crippen molar-refractivity contribution in [3.63, 3.8) is 0 Å². The van der Waals surface area contributed by atoms with Gasteiger partial charge in [-0.05, 0) is 49.0 Å². The summed E-state index contributed by atoms with van der Waals surface area (Å²) in [5.41, 5.74) is 1.36. The Hall–Kier alpha value is -1.84. The van der Waals surface area contributed by atoms with Gasteiger partial charge in [-0.15, -0.1) is 0 Å². The molecule has 1 heterocycles. The lowest BCUT2D eigenvalue weighted by molar-refractivity contribution is -0.126. The number of halogens is 1. The normalized spacial score (nSPS) is 25.0. The number of ether oxygens (including phenoxy) is 1. The predicted molar refractivity (Wildman–Crippen MR) is 79.0 cm³/mol. The van der Waals surface area contributed by atoms with Gasteiger partial charge in [0.25, 0.3) is 0 Å². The zero-order valence-electron chi connectivity index (χ0n) is 12.3. The lowest BCUT2D eigenvalue weighted by atomic mass is 9.82. The maximum atomic E-state index is 13.6. The summed E-state index contributed by atoms with van der Waals surface area (Å²) in [6.07, 6.45) is 5.68. The first-order valence-corrected chi connectivity index (χ1v) is 7.48. The molecule has 1 amide bonds. The summed E-state index contributed by atoms with van der Waals surface area (Å²) in [5, 5.41) is 2.85. The van der Waals surface area contributed by atoms with Gasteiger partial charge < -0.3 is 10.1 Å². The molecule has 1 fully saturated rings. The summed E-state index contributed by atoms with van der Waals surface area (Å²) >= 11 is 0. The largest absolute Gasteiger partial charge is 0.493 e. The number of amides is 1. The van der Waals surface area contributed by atoms with Crippen LogP contribution in [0.25, 0.3) is 0 Å². The Balaban J connectivity index is 1.92. The van der Waals surface area contributed by atoms with E-state index in [1.54, 1.807) is 12.3 Å². The third-order valence-corrected chi connectivity index (χ3v) is 4.12. The minimum Gasteiger partial charge on any atom is -0.493 e. The number of rotatable bonds is 4.